The van der Waals surface area contributed by atoms with E-state index in [9.17, 15) is 5.11 Å². The predicted octanol–water partition coefficient (Wildman–Crippen LogP) is 0.323. The van der Waals surface area contributed by atoms with Gasteiger partial charge in [-0.15, -0.1) is 0 Å². The molecule has 1 heterocycles. The maximum absolute atomic E-state index is 9.42. The Bertz CT molecular complexity index is 166. The Kier molecular flexibility index (Phi) is 2.86. The topological polar surface area (TPSA) is 49.5 Å². The zero-order chi connectivity index (χ0) is 9.26. The van der Waals surface area contributed by atoms with E-state index in [1.54, 1.807) is 0 Å². The highest BCUT2D eigenvalue weighted by Crippen LogP contribution is 2.25. The van der Waals surface area contributed by atoms with Crippen LogP contribution in [0.2, 0.25) is 0 Å². The molecule has 0 radical (unpaired) electrons. The van der Waals surface area contributed by atoms with E-state index in [-0.39, 0.29) is 6.10 Å². The van der Waals surface area contributed by atoms with Crippen LogP contribution in [0.5, 0.6) is 0 Å². The van der Waals surface area contributed by atoms with Gasteiger partial charge in [-0.25, -0.2) is 0 Å². The van der Waals surface area contributed by atoms with Gasteiger partial charge in [-0.3, -0.25) is 4.90 Å². The lowest BCUT2D eigenvalue weighted by atomic mass is 9.91. The third-order valence-electron chi connectivity index (χ3n) is 3.45. The van der Waals surface area contributed by atoms with E-state index in [1.807, 2.05) is 0 Å². The van der Waals surface area contributed by atoms with Gasteiger partial charge in [0.2, 0.25) is 0 Å². The summed E-state index contributed by atoms with van der Waals surface area (Å²) >= 11 is 0. The molecule has 0 aromatic heterocycles. The van der Waals surface area contributed by atoms with Crippen molar-refractivity contribution in [2.45, 2.75) is 50.3 Å². The SMILES string of the molecule is NC1CCC(N2CCC(O)C2)CC1. The summed E-state index contributed by atoms with van der Waals surface area (Å²) in [6, 6.07) is 1.14. The fourth-order valence-electron chi connectivity index (χ4n) is 2.57. The van der Waals surface area contributed by atoms with Gasteiger partial charge in [0.1, 0.15) is 0 Å². The second-order valence-electron chi connectivity index (χ2n) is 4.51. The van der Waals surface area contributed by atoms with Gasteiger partial charge in [0.15, 0.2) is 0 Å². The van der Waals surface area contributed by atoms with Gasteiger partial charge in [-0.05, 0) is 32.1 Å². The highest BCUT2D eigenvalue weighted by atomic mass is 16.3. The Labute approximate surface area is 79.9 Å². The van der Waals surface area contributed by atoms with Crippen LogP contribution in [0.25, 0.3) is 0 Å². The fraction of sp³-hybridized carbons (Fsp3) is 1.00. The van der Waals surface area contributed by atoms with E-state index in [0.717, 1.165) is 32.4 Å². The monoisotopic (exact) mass is 184 g/mol. The van der Waals surface area contributed by atoms with Crippen molar-refractivity contribution < 1.29 is 5.11 Å². The Morgan fingerprint density at radius 3 is 2.31 bits per heavy atom. The second kappa shape index (κ2) is 3.95. The van der Waals surface area contributed by atoms with Crippen LogP contribution in [0.4, 0.5) is 0 Å². The molecule has 0 aromatic carbocycles. The number of nitrogens with two attached hydrogens (primary N) is 1. The summed E-state index contributed by atoms with van der Waals surface area (Å²) in [5, 5.41) is 9.42. The molecule has 1 saturated heterocycles. The molecule has 2 aliphatic rings. The number of hydrogen-bond donors (Lipinski definition) is 2. The lowest BCUT2D eigenvalue weighted by Crippen LogP contribution is -2.39. The Balaban J connectivity index is 1.81. The molecule has 3 heteroatoms. The molecule has 1 aliphatic carbocycles. The quantitative estimate of drug-likeness (QED) is 0.617. The van der Waals surface area contributed by atoms with Gasteiger partial charge in [-0.2, -0.15) is 0 Å². The standard InChI is InChI=1S/C10H20N2O/c11-8-1-3-9(4-2-8)12-6-5-10(13)7-12/h8-10,13H,1-7,11H2. The molecule has 2 rings (SSSR count). The highest BCUT2D eigenvalue weighted by molar-refractivity contribution is 4.85. The van der Waals surface area contributed by atoms with E-state index < -0.39 is 0 Å². The van der Waals surface area contributed by atoms with Gasteiger partial charge < -0.3 is 10.8 Å². The minimum Gasteiger partial charge on any atom is -0.392 e. The van der Waals surface area contributed by atoms with E-state index in [2.05, 4.69) is 4.90 Å². The van der Waals surface area contributed by atoms with Crippen LogP contribution in [0, 0.1) is 0 Å². The van der Waals surface area contributed by atoms with Crippen LogP contribution in [0.1, 0.15) is 32.1 Å². The largest absolute Gasteiger partial charge is 0.392 e. The van der Waals surface area contributed by atoms with E-state index in [4.69, 9.17) is 5.73 Å². The van der Waals surface area contributed by atoms with Gasteiger partial charge in [0, 0.05) is 25.2 Å². The molecule has 0 spiro atoms. The maximum Gasteiger partial charge on any atom is 0.0679 e. The Morgan fingerprint density at radius 2 is 1.77 bits per heavy atom. The molecular formula is C10H20N2O. The number of nitrogens with zero attached hydrogens (tertiary/aromatic N) is 1. The number of aliphatic hydroxyl groups excluding tert-OH is 1. The summed E-state index contributed by atoms with van der Waals surface area (Å²) < 4.78 is 0. The highest BCUT2D eigenvalue weighted by Gasteiger charge is 2.29. The summed E-state index contributed by atoms with van der Waals surface area (Å²) in [6.45, 7) is 1.97. The number of rotatable bonds is 1. The van der Waals surface area contributed by atoms with Crippen LogP contribution in [0.15, 0.2) is 0 Å². The van der Waals surface area contributed by atoms with Gasteiger partial charge in [0.25, 0.3) is 0 Å². The molecule has 76 valence electrons. The van der Waals surface area contributed by atoms with Crippen molar-refractivity contribution >= 4 is 0 Å². The van der Waals surface area contributed by atoms with Crippen molar-refractivity contribution in [1.82, 2.24) is 4.90 Å². The summed E-state index contributed by atoms with van der Waals surface area (Å²) in [7, 11) is 0. The second-order valence-corrected chi connectivity index (χ2v) is 4.51. The first-order valence-corrected chi connectivity index (χ1v) is 5.43. The van der Waals surface area contributed by atoms with Crippen LogP contribution < -0.4 is 5.73 Å². The number of likely N-dealkylation sites (tertiary alicyclic amines) is 1. The van der Waals surface area contributed by atoms with Crippen LogP contribution in [0.3, 0.4) is 0 Å². The van der Waals surface area contributed by atoms with E-state index in [1.165, 1.54) is 12.8 Å². The van der Waals surface area contributed by atoms with Crippen LogP contribution in [-0.2, 0) is 0 Å². The smallest absolute Gasteiger partial charge is 0.0679 e. The van der Waals surface area contributed by atoms with Gasteiger partial charge >= 0.3 is 0 Å². The van der Waals surface area contributed by atoms with E-state index >= 15 is 0 Å². The Morgan fingerprint density at radius 1 is 1.08 bits per heavy atom. The molecule has 1 saturated carbocycles. The predicted molar refractivity (Wildman–Crippen MR) is 52.4 cm³/mol. The molecule has 1 unspecified atom stereocenters. The Hall–Kier alpha value is -0.120. The molecule has 1 aliphatic heterocycles. The first-order valence-electron chi connectivity index (χ1n) is 5.43. The summed E-state index contributed by atoms with van der Waals surface area (Å²) in [5.74, 6) is 0. The zero-order valence-corrected chi connectivity index (χ0v) is 8.15. The summed E-state index contributed by atoms with van der Waals surface area (Å²) in [5.41, 5.74) is 5.86. The van der Waals surface area contributed by atoms with Crippen molar-refractivity contribution in [3.05, 3.63) is 0 Å². The van der Waals surface area contributed by atoms with Crippen molar-refractivity contribution in [2.24, 2.45) is 5.73 Å². The van der Waals surface area contributed by atoms with Gasteiger partial charge in [0.05, 0.1) is 6.10 Å². The van der Waals surface area contributed by atoms with Crippen molar-refractivity contribution in [1.29, 1.82) is 0 Å². The lowest BCUT2D eigenvalue weighted by molar-refractivity contribution is 0.139. The average molecular weight is 184 g/mol. The molecule has 0 aromatic rings. The van der Waals surface area contributed by atoms with Gasteiger partial charge in [-0.1, -0.05) is 0 Å². The number of β-amino-alcohol motifs (C(OH)–C–C–N with tert-alkyl or cyclic N) is 1. The molecule has 13 heavy (non-hydrogen) atoms. The van der Waals surface area contributed by atoms with Crippen molar-refractivity contribution in [2.75, 3.05) is 13.1 Å². The number of hydrogen-bond acceptors (Lipinski definition) is 3. The van der Waals surface area contributed by atoms with Crippen LogP contribution in [-0.4, -0.2) is 41.3 Å². The fourth-order valence-corrected chi connectivity index (χ4v) is 2.57. The van der Waals surface area contributed by atoms with Crippen molar-refractivity contribution in [3.63, 3.8) is 0 Å². The molecule has 3 N–H and O–H groups in total. The third kappa shape index (κ3) is 2.22. The molecule has 0 bridgehead atoms. The molecule has 3 nitrogen and oxygen atoms in total. The molecule has 0 amide bonds. The molecular weight excluding hydrogens is 164 g/mol. The first-order chi connectivity index (χ1) is 6.25. The zero-order valence-electron chi connectivity index (χ0n) is 8.15. The van der Waals surface area contributed by atoms with Crippen LogP contribution >= 0.6 is 0 Å². The lowest BCUT2D eigenvalue weighted by Gasteiger charge is -2.33. The maximum atomic E-state index is 9.42. The normalized spacial score (nSPS) is 42.5. The molecule has 1 atom stereocenters. The summed E-state index contributed by atoms with van der Waals surface area (Å²) in [4.78, 5) is 2.44. The van der Waals surface area contributed by atoms with Crippen molar-refractivity contribution in [3.8, 4) is 0 Å². The van der Waals surface area contributed by atoms with E-state index in [0.29, 0.717) is 12.1 Å². The summed E-state index contributed by atoms with van der Waals surface area (Å²) in [6.07, 6.45) is 5.68. The molecule has 2 fully saturated rings. The minimum absolute atomic E-state index is 0.0735. The third-order valence-corrected chi connectivity index (χ3v) is 3.45. The minimum atomic E-state index is -0.0735. The average Bonchev–Trinajstić information content (AvgIpc) is 2.53. The number of aliphatic hydroxyl groups is 1. The first kappa shape index (κ1) is 9.44.